The molecule has 0 aliphatic heterocycles. The highest BCUT2D eigenvalue weighted by molar-refractivity contribution is 5.90. The molecule has 1 unspecified atom stereocenters. The van der Waals surface area contributed by atoms with Gasteiger partial charge in [0.25, 0.3) is 5.97 Å². The number of hydroxylamine groups is 1. The van der Waals surface area contributed by atoms with E-state index in [0.717, 1.165) is 26.2 Å². The summed E-state index contributed by atoms with van der Waals surface area (Å²) in [5, 5.41) is 27.2. The number of rotatable bonds is 1. The summed E-state index contributed by atoms with van der Waals surface area (Å²) in [5.74, 6) is -0.833. The minimum absolute atomic E-state index is 0.116. The number of carboxylic acid groups (broad SMARTS) is 1. The minimum atomic E-state index is -0.833. The molecule has 6 nitrogen and oxygen atoms in total. The van der Waals surface area contributed by atoms with Gasteiger partial charge in [-0.15, -0.1) is 0 Å². The van der Waals surface area contributed by atoms with Crippen LogP contribution in [0.1, 0.15) is 26.2 Å². The SMILES string of the molecule is CC(=O)O.ON=C1CCCC1NO. The summed E-state index contributed by atoms with van der Waals surface area (Å²) in [7, 11) is 0. The summed E-state index contributed by atoms with van der Waals surface area (Å²) in [6.45, 7) is 1.08. The number of hydrogen-bond acceptors (Lipinski definition) is 5. The van der Waals surface area contributed by atoms with Gasteiger partial charge in [0.05, 0.1) is 11.8 Å². The summed E-state index contributed by atoms with van der Waals surface area (Å²) < 4.78 is 0. The molecule has 1 fully saturated rings. The average Bonchev–Trinajstić information content (AvgIpc) is 2.49. The van der Waals surface area contributed by atoms with Gasteiger partial charge in [-0.3, -0.25) is 4.79 Å². The molecule has 1 rings (SSSR count). The highest BCUT2D eigenvalue weighted by Crippen LogP contribution is 2.14. The highest BCUT2D eigenvalue weighted by Gasteiger charge is 2.21. The largest absolute Gasteiger partial charge is 0.481 e. The fraction of sp³-hybridized carbons (Fsp3) is 0.714. The molecule has 13 heavy (non-hydrogen) atoms. The molecule has 4 N–H and O–H groups in total. The van der Waals surface area contributed by atoms with Gasteiger partial charge < -0.3 is 15.5 Å². The van der Waals surface area contributed by atoms with Crippen molar-refractivity contribution in [2.24, 2.45) is 5.16 Å². The lowest BCUT2D eigenvalue weighted by molar-refractivity contribution is -0.134. The second-order valence-corrected chi connectivity index (χ2v) is 2.68. The van der Waals surface area contributed by atoms with Gasteiger partial charge >= 0.3 is 0 Å². The van der Waals surface area contributed by atoms with Gasteiger partial charge in [-0.2, -0.15) is 5.48 Å². The molecular formula is C7H14N2O4. The average molecular weight is 190 g/mol. The van der Waals surface area contributed by atoms with Gasteiger partial charge in [-0.05, 0) is 19.3 Å². The first-order valence-corrected chi connectivity index (χ1v) is 3.91. The second-order valence-electron chi connectivity index (χ2n) is 2.68. The normalized spacial score (nSPS) is 23.8. The van der Waals surface area contributed by atoms with Gasteiger partial charge in [0.15, 0.2) is 0 Å². The minimum Gasteiger partial charge on any atom is -0.481 e. The molecule has 0 saturated heterocycles. The van der Waals surface area contributed by atoms with Crippen LogP contribution in [0.3, 0.4) is 0 Å². The van der Waals surface area contributed by atoms with Gasteiger partial charge in [-0.25, -0.2) is 0 Å². The van der Waals surface area contributed by atoms with E-state index in [4.69, 9.17) is 20.3 Å². The molecule has 1 aliphatic carbocycles. The van der Waals surface area contributed by atoms with Crippen molar-refractivity contribution in [2.75, 3.05) is 0 Å². The molecule has 0 aromatic carbocycles. The lowest BCUT2D eigenvalue weighted by atomic mass is 10.2. The van der Waals surface area contributed by atoms with Crippen molar-refractivity contribution < 1.29 is 20.3 Å². The predicted octanol–water partition coefficient (Wildman–Crippen LogP) is 0.439. The molecule has 6 heteroatoms. The number of nitrogens with one attached hydrogen (secondary N) is 1. The quantitative estimate of drug-likeness (QED) is 0.355. The molecule has 0 heterocycles. The van der Waals surface area contributed by atoms with Crippen LogP contribution in [0, 0.1) is 0 Å². The van der Waals surface area contributed by atoms with Crippen molar-refractivity contribution in [3.8, 4) is 0 Å². The monoisotopic (exact) mass is 190 g/mol. The Balaban J connectivity index is 0.000000310. The number of aliphatic carboxylic acids is 1. The van der Waals surface area contributed by atoms with Crippen LogP contribution in [0.4, 0.5) is 0 Å². The van der Waals surface area contributed by atoms with E-state index in [1.807, 2.05) is 0 Å². The summed E-state index contributed by atoms with van der Waals surface area (Å²) in [6.07, 6.45) is 2.63. The predicted molar refractivity (Wildman–Crippen MR) is 45.1 cm³/mol. The number of nitrogens with zero attached hydrogens (tertiary/aromatic N) is 1. The van der Waals surface area contributed by atoms with E-state index in [1.54, 1.807) is 0 Å². The third kappa shape index (κ3) is 5.15. The fourth-order valence-electron chi connectivity index (χ4n) is 1.09. The van der Waals surface area contributed by atoms with Gasteiger partial charge in [0.1, 0.15) is 0 Å². The molecule has 1 aliphatic rings. The molecule has 0 amide bonds. The van der Waals surface area contributed by atoms with Crippen molar-refractivity contribution in [3.05, 3.63) is 0 Å². The first-order valence-electron chi connectivity index (χ1n) is 3.91. The zero-order chi connectivity index (χ0) is 10.3. The molecular weight excluding hydrogens is 176 g/mol. The van der Waals surface area contributed by atoms with Crippen LogP contribution in [-0.4, -0.2) is 33.2 Å². The molecule has 0 aromatic rings. The van der Waals surface area contributed by atoms with Crippen molar-refractivity contribution in [1.29, 1.82) is 0 Å². The standard InChI is InChI=1S/C5H10N2O2.C2H4O2/c8-6-4-2-1-3-5(4)7-9;1-2(3)4/h4,6,8-9H,1-3H2;1H3,(H,3,4). The zero-order valence-corrected chi connectivity index (χ0v) is 7.40. The second kappa shape index (κ2) is 6.38. The Bertz CT molecular complexity index is 189. The third-order valence-corrected chi connectivity index (χ3v) is 1.61. The van der Waals surface area contributed by atoms with Crippen LogP contribution in [-0.2, 0) is 4.79 Å². The lowest BCUT2D eigenvalue weighted by Gasteiger charge is -2.04. The van der Waals surface area contributed by atoms with E-state index < -0.39 is 5.97 Å². The third-order valence-electron chi connectivity index (χ3n) is 1.61. The van der Waals surface area contributed by atoms with Gasteiger partial charge in [0.2, 0.25) is 0 Å². The molecule has 1 atom stereocenters. The van der Waals surface area contributed by atoms with Crippen molar-refractivity contribution in [1.82, 2.24) is 5.48 Å². The number of oxime groups is 1. The number of carbonyl (C=O) groups is 1. The smallest absolute Gasteiger partial charge is 0.300 e. The van der Waals surface area contributed by atoms with E-state index in [0.29, 0.717) is 5.71 Å². The molecule has 0 radical (unpaired) electrons. The van der Waals surface area contributed by atoms with Crippen LogP contribution < -0.4 is 5.48 Å². The van der Waals surface area contributed by atoms with E-state index in [2.05, 4.69) is 10.6 Å². The Kier molecular flexibility index (Phi) is 5.82. The summed E-state index contributed by atoms with van der Waals surface area (Å²) in [6, 6.07) is -0.116. The zero-order valence-electron chi connectivity index (χ0n) is 7.40. The maximum Gasteiger partial charge on any atom is 0.300 e. The Labute approximate surface area is 75.8 Å². The van der Waals surface area contributed by atoms with Crippen LogP contribution in [0.25, 0.3) is 0 Å². The molecule has 0 spiro atoms. The number of hydrogen-bond donors (Lipinski definition) is 4. The molecule has 76 valence electrons. The Morgan fingerprint density at radius 3 is 2.54 bits per heavy atom. The van der Waals surface area contributed by atoms with Crippen molar-refractivity contribution in [3.63, 3.8) is 0 Å². The van der Waals surface area contributed by atoms with Crippen LogP contribution in [0.15, 0.2) is 5.16 Å². The van der Waals surface area contributed by atoms with E-state index >= 15 is 0 Å². The Hall–Kier alpha value is -1.14. The molecule has 0 bridgehead atoms. The molecule has 0 aromatic heterocycles. The summed E-state index contributed by atoms with van der Waals surface area (Å²) in [5.41, 5.74) is 2.72. The Morgan fingerprint density at radius 2 is 2.23 bits per heavy atom. The van der Waals surface area contributed by atoms with Crippen LogP contribution in [0.2, 0.25) is 0 Å². The van der Waals surface area contributed by atoms with E-state index in [-0.39, 0.29) is 6.04 Å². The molecule has 1 saturated carbocycles. The Morgan fingerprint density at radius 1 is 1.69 bits per heavy atom. The van der Waals surface area contributed by atoms with Crippen molar-refractivity contribution >= 4 is 11.7 Å². The number of carboxylic acids is 1. The van der Waals surface area contributed by atoms with Gasteiger partial charge in [-0.1, -0.05) is 5.16 Å². The highest BCUT2D eigenvalue weighted by atomic mass is 16.5. The lowest BCUT2D eigenvalue weighted by Crippen LogP contribution is -2.29. The fourth-order valence-corrected chi connectivity index (χ4v) is 1.09. The maximum atomic E-state index is 9.00. The van der Waals surface area contributed by atoms with Crippen LogP contribution in [0.5, 0.6) is 0 Å². The topological polar surface area (TPSA) is 102 Å². The van der Waals surface area contributed by atoms with Crippen molar-refractivity contribution in [2.45, 2.75) is 32.2 Å². The van der Waals surface area contributed by atoms with E-state index in [9.17, 15) is 0 Å². The summed E-state index contributed by atoms with van der Waals surface area (Å²) in [4.78, 5) is 9.00. The maximum absolute atomic E-state index is 9.00. The first kappa shape index (κ1) is 11.9. The van der Waals surface area contributed by atoms with Gasteiger partial charge in [0, 0.05) is 6.92 Å². The van der Waals surface area contributed by atoms with Crippen LogP contribution >= 0.6 is 0 Å². The summed E-state index contributed by atoms with van der Waals surface area (Å²) >= 11 is 0. The van der Waals surface area contributed by atoms with E-state index in [1.165, 1.54) is 0 Å². The first-order chi connectivity index (χ1) is 6.11.